The molecular weight excluding hydrogens is 271 g/mol. The first-order chi connectivity index (χ1) is 9.26. The Hall–Kier alpha value is -1.11. The maximum atomic E-state index is 12.8. The maximum absolute atomic E-state index is 12.8. The van der Waals surface area contributed by atoms with E-state index in [-0.39, 0.29) is 12.2 Å². The topological polar surface area (TPSA) is 43.7 Å². The Morgan fingerprint density at radius 2 is 1.85 bits per heavy atom. The number of aliphatic hydroxyl groups is 2. The summed E-state index contributed by atoms with van der Waals surface area (Å²) < 4.78 is 38.4. The molecule has 1 saturated heterocycles. The number of benzene rings is 1. The van der Waals surface area contributed by atoms with E-state index in [9.17, 15) is 23.4 Å². The summed E-state index contributed by atoms with van der Waals surface area (Å²) in [6, 6.07) is 3.15. The molecule has 1 aliphatic rings. The lowest BCUT2D eigenvalue weighted by Crippen LogP contribution is -2.41. The predicted molar refractivity (Wildman–Crippen MR) is 68.0 cm³/mol. The molecule has 0 amide bonds. The zero-order valence-corrected chi connectivity index (χ0v) is 11.2. The molecule has 3 nitrogen and oxygen atoms in total. The van der Waals surface area contributed by atoms with Gasteiger partial charge in [-0.05, 0) is 43.1 Å². The van der Waals surface area contributed by atoms with Crippen LogP contribution in [0, 0.1) is 0 Å². The van der Waals surface area contributed by atoms with Crippen molar-refractivity contribution in [3.05, 3.63) is 34.9 Å². The van der Waals surface area contributed by atoms with Gasteiger partial charge in [0, 0.05) is 13.1 Å². The molecule has 2 rings (SSSR count). The molecule has 0 aromatic heterocycles. The van der Waals surface area contributed by atoms with Crippen LogP contribution in [-0.2, 0) is 18.4 Å². The van der Waals surface area contributed by atoms with Gasteiger partial charge in [-0.25, -0.2) is 0 Å². The van der Waals surface area contributed by atoms with E-state index in [0.717, 1.165) is 12.1 Å². The Kier molecular flexibility index (Phi) is 4.09. The number of rotatable bonds is 2. The molecule has 0 aliphatic carbocycles. The second-order valence-electron chi connectivity index (χ2n) is 5.36. The van der Waals surface area contributed by atoms with Gasteiger partial charge in [0.15, 0.2) is 0 Å². The number of aliphatic hydroxyl groups excluding tert-OH is 1. The van der Waals surface area contributed by atoms with E-state index in [0.29, 0.717) is 31.5 Å². The quantitative estimate of drug-likeness (QED) is 0.876. The van der Waals surface area contributed by atoms with Crippen molar-refractivity contribution < 1.29 is 23.4 Å². The third kappa shape index (κ3) is 2.97. The van der Waals surface area contributed by atoms with Crippen molar-refractivity contribution in [3.63, 3.8) is 0 Å². The minimum absolute atomic E-state index is 0.197. The van der Waals surface area contributed by atoms with Gasteiger partial charge in [0.05, 0.1) is 17.8 Å². The van der Waals surface area contributed by atoms with E-state index in [1.54, 1.807) is 0 Å². The molecule has 1 aliphatic heterocycles. The van der Waals surface area contributed by atoms with Gasteiger partial charge in [-0.2, -0.15) is 13.2 Å². The standard InChI is InChI=1S/C14H18F3NO2/c1-18-6-4-13(20,5-7-18)12-8-11(14(15,16)17)3-2-10(12)9-19/h2-3,8,19-20H,4-7,9H2,1H3. The summed E-state index contributed by atoms with van der Waals surface area (Å²) in [7, 11) is 1.90. The Morgan fingerprint density at radius 3 is 2.35 bits per heavy atom. The van der Waals surface area contributed by atoms with E-state index in [1.807, 2.05) is 11.9 Å². The fraction of sp³-hybridized carbons (Fsp3) is 0.571. The summed E-state index contributed by atoms with van der Waals surface area (Å²) in [5, 5.41) is 20.0. The third-order valence-corrected chi connectivity index (χ3v) is 3.92. The van der Waals surface area contributed by atoms with E-state index in [1.165, 1.54) is 6.07 Å². The molecule has 0 radical (unpaired) electrons. The summed E-state index contributed by atoms with van der Waals surface area (Å²) in [6.45, 7) is 0.834. The highest BCUT2D eigenvalue weighted by Gasteiger charge is 2.37. The second kappa shape index (κ2) is 5.35. The van der Waals surface area contributed by atoms with Crippen LogP contribution < -0.4 is 0 Å². The van der Waals surface area contributed by atoms with E-state index >= 15 is 0 Å². The van der Waals surface area contributed by atoms with Crippen molar-refractivity contribution in [2.45, 2.75) is 31.2 Å². The summed E-state index contributed by atoms with van der Waals surface area (Å²) in [5.74, 6) is 0. The molecule has 0 bridgehead atoms. The Morgan fingerprint density at radius 1 is 1.25 bits per heavy atom. The van der Waals surface area contributed by atoms with Crippen molar-refractivity contribution in [2.24, 2.45) is 0 Å². The first-order valence-corrected chi connectivity index (χ1v) is 6.49. The minimum Gasteiger partial charge on any atom is -0.392 e. The van der Waals surface area contributed by atoms with E-state index < -0.39 is 17.3 Å². The lowest BCUT2D eigenvalue weighted by atomic mass is 9.81. The summed E-state index contributed by atoms with van der Waals surface area (Å²) in [4.78, 5) is 2.01. The monoisotopic (exact) mass is 289 g/mol. The van der Waals surface area contributed by atoms with Crippen LogP contribution >= 0.6 is 0 Å². The fourth-order valence-corrected chi connectivity index (χ4v) is 2.58. The van der Waals surface area contributed by atoms with E-state index in [2.05, 4.69) is 0 Å². The van der Waals surface area contributed by atoms with Gasteiger partial charge in [-0.3, -0.25) is 0 Å². The van der Waals surface area contributed by atoms with Gasteiger partial charge in [-0.15, -0.1) is 0 Å². The largest absolute Gasteiger partial charge is 0.416 e. The summed E-state index contributed by atoms with van der Waals surface area (Å²) >= 11 is 0. The number of hydrogen-bond donors (Lipinski definition) is 2. The minimum atomic E-state index is -4.45. The van der Waals surface area contributed by atoms with Crippen molar-refractivity contribution in [1.82, 2.24) is 4.90 Å². The molecule has 0 atom stereocenters. The number of likely N-dealkylation sites (tertiary alicyclic amines) is 1. The molecule has 0 spiro atoms. The lowest BCUT2D eigenvalue weighted by molar-refractivity contribution is -0.137. The van der Waals surface area contributed by atoms with Crippen LogP contribution in [0.2, 0.25) is 0 Å². The van der Waals surface area contributed by atoms with Crippen LogP contribution in [0.3, 0.4) is 0 Å². The van der Waals surface area contributed by atoms with Crippen molar-refractivity contribution in [2.75, 3.05) is 20.1 Å². The molecule has 20 heavy (non-hydrogen) atoms. The van der Waals surface area contributed by atoms with Crippen molar-refractivity contribution in [3.8, 4) is 0 Å². The smallest absolute Gasteiger partial charge is 0.392 e. The number of piperidine rings is 1. The number of hydrogen-bond acceptors (Lipinski definition) is 3. The van der Waals surface area contributed by atoms with Crippen LogP contribution in [0.4, 0.5) is 13.2 Å². The van der Waals surface area contributed by atoms with Crippen LogP contribution in [0.5, 0.6) is 0 Å². The van der Waals surface area contributed by atoms with E-state index in [4.69, 9.17) is 0 Å². The number of alkyl halides is 3. The molecule has 1 heterocycles. The van der Waals surface area contributed by atoms with Crippen LogP contribution in [0.1, 0.15) is 29.5 Å². The van der Waals surface area contributed by atoms with Crippen LogP contribution in [0.25, 0.3) is 0 Å². The molecule has 2 N–H and O–H groups in total. The first-order valence-electron chi connectivity index (χ1n) is 6.49. The fourth-order valence-electron chi connectivity index (χ4n) is 2.58. The molecular formula is C14H18F3NO2. The van der Waals surface area contributed by atoms with Gasteiger partial charge in [0.1, 0.15) is 0 Å². The summed E-state index contributed by atoms with van der Waals surface area (Å²) in [5.41, 5.74) is -1.55. The second-order valence-corrected chi connectivity index (χ2v) is 5.36. The molecule has 1 aromatic rings. The highest BCUT2D eigenvalue weighted by atomic mass is 19.4. The SMILES string of the molecule is CN1CCC(O)(c2cc(C(F)(F)F)ccc2CO)CC1. The lowest BCUT2D eigenvalue weighted by Gasteiger charge is -2.38. The highest BCUT2D eigenvalue weighted by Crippen LogP contribution is 2.38. The highest BCUT2D eigenvalue weighted by molar-refractivity contribution is 5.37. The average Bonchev–Trinajstić information content (AvgIpc) is 2.40. The Bertz CT molecular complexity index is 480. The number of halogens is 3. The van der Waals surface area contributed by atoms with Gasteiger partial charge in [0.2, 0.25) is 0 Å². The van der Waals surface area contributed by atoms with Crippen molar-refractivity contribution >= 4 is 0 Å². The molecule has 6 heteroatoms. The Labute approximate surface area is 115 Å². The molecule has 0 saturated carbocycles. The molecule has 112 valence electrons. The predicted octanol–water partition coefficient (Wildman–Crippen LogP) is 2.11. The molecule has 1 fully saturated rings. The zero-order chi connectivity index (χ0) is 15.0. The van der Waals surface area contributed by atoms with Crippen molar-refractivity contribution in [1.29, 1.82) is 0 Å². The van der Waals surface area contributed by atoms with Crippen LogP contribution in [0.15, 0.2) is 18.2 Å². The Balaban J connectivity index is 2.43. The average molecular weight is 289 g/mol. The third-order valence-electron chi connectivity index (χ3n) is 3.92. The van der Waals surface area contributed by atoms with Gasteiger partial charge in [0.25, 0.3) is 0 Å². The summed E-state index contributed by atoms with van der Waals surface area (Å²) in [6.07, 6.45) is -3.74. The van der Waals surface area contributed by atoms with Gasteiger partial charge >= 0.3 is 6.18 Å². The first kappa shape index (κ1) is 15.3. The molecule has 0 unspecified atom stereocenters. The van der Waals surface area contributed by atoms with Gasteiger partial charge < -0.3 is 15.1 Å². The van der Waals surface area contributed by atoms with Crippen LogP contribution in [-0.4, -0.2) is 35.3 Å². The maximum Gasteiger partial charge on any atom is 0.416 e. The number of nitrogens with zero attached hydrogens (tertiary/aromatic N) is 1. The normalized spacial score (nSPS) is 20.1. The van der Waals surface area contributed by atoms with Gasteiger partial charge in [-0.1, -0.05) is 6.07 Å². The molecule has 1 aromatic carbocycles. The zero-order valence-electron chi connectivity index (χ0n) is 11.2.